The Labute approximate surface area is 150 Å². The Morgan fingerprint density at radius 2 is 1.76 bits per heavy atom. The van der Waals surface area contributed by atoms with Crippen molar-refractivity contribution in [1.29, 1.82) is 0 Å². The van der Waals surface area contributed by atoms with Crippen LogP contribution in [0.5, 0.6) is 0 Å². The third-order valence-electron chi connectivity index (χ3n) is 5.19. The highest BCUT2D eigenvalue weighted by Gasteiger charge is 2.29. The van der Waals surface area contributed by atoms with Gasteiger partial charge in [0.1, 0.15) is 0 Å². The molecular weight excluding hydrogens is 338 g/mol. The molecule has 1 amide bonds. The lowest BCUT2D eigenvalue weighted by Crippen LogP contribution is -2.43. The molecule has 0 aromatic heterocycles. The van der Waals surface area contributed by atoms with Crippen LogP contribution in [0.2, 0.25) is 0 Å². The van der Waals surface area contributed by atoms with Gasteiger partial charge in [-0.3, -0.25) is 4.79 Å². The fraction of sp³-hybridized carbons (Fsp3) is 0.611. The van der Waals surface area contributed by atoms with Crippen molar-refractivity contribution in [1.82, 2.24) is 14.5 Å². The summed E-state index contributed by atoms with van der Waals surface area (Å²) in [4.78, 5) is 15.1. The molecule has 25 heavy (non-hydrogen) atoms. The summed E-state index contributed by atoms with van der Waals surface area (Å²) in [7, 11) is -1.44. The van der Waals surface area contributed by atoms with Crippen LogP contribution in [0.15, 0.2) is 23.1 Å². The Morgan fingerprint density at radius 1 is 1.12 bits per heavy atom. The van der Waals surface area contributed by atoms with Crippen molar-refractivity contribution in [3.8, 4) is 0 Å². The van der Waals surface area contributed by atoms with Crippen LogP contribution in [-0.2, 0) is 10.0 Å². The first-order valence-electron chi connectivity index (χ1n) is 8.98. The highest BCUT2D eigenvalue weighted by Crippen LogP contribution is 2.24. The molecule has 3 rings (SSSR count). The average molecular weight is 365 g/mol. The van der Waals surface area contributed by atoms with Crippen LogP contribution < -0.4 is 5.32 Å². The Hall–Kier alpha value is -1.44. The Balaban J connectivity index is 1.78. The Bertz CT molecular complexity index is 734. The summed E-state index contributed by atoms with van der Waals surface area (Å²) in [5.74, 6) is -0.188. The number of nitrogens with zero attached hydrogens (tertiary/aromatic N) is 2. The van der Waals surface area contributed by atoms with E-state index in [1.807, 2.05) is 0 Å². The zero-order chi connectivity index (χ0) is 18.0. The van der Waals surface area contributed by atoms with Gasteiger partial charge in [-0.2, -0.15) is 4.31 Å². The van der Waals surface area contributed by atoms with Gasteiger partial charge in [0.2, 0.25) is 10.0 Å². The number of nitrogens with one attached hydrogen (secondary N) is 1. The van der Waals surface area contributed by atoms with Gasteiger partial charge in [-0.15, -0.1) is 0 Å². The van der Waals surface area contributed by atoms with E-state index < -0.39 is 10.0 Å². The van der Waals surface area contributed by atoms with E-state index in [-0.39, 0.29) is 16.8 Å². The number of aryl methyl sites for hydroxylation is 1. The fourth-order valence-electron chi connectivity index (χ4n) is 3.51. The van der Waals surface area contributed by atoms with E-state index in [0.717, 1.165) is 38.8 Å². The molecule has 138 valence electrons. The van der Waals surface area contributed by atoms with Gasteiger partial charge in [-0.1, -0.05) is 6.07 Å². The number of carbonyl (C=O) groups is 1. The zero-order valence-electron chi connectivity index (χ0n) is 15.0. The van der Waals surface area contributed by atoms with Gasteiger partial charge in [0.05, 0.1) is 4.90 Å². The third kappa shape index (κ3) is 4.04. The molecular formula is C18H27N3O3S. The Kier molecular flexibility index (Phi) is 5.46. The smallest absolute Gasteiger partial charge is 0.251 e. The predicted molar refractivity (Wildman–Crippen MR) is 97.2 cm³/mol. The second-order valence-corrected chi connectivity index (χ2v) is 9.05. The number of amides is 1. The van der Waals surface area contributed by atoms with Crippen LogP contribution in [0, 0.1) is 6.92 Å². The lowest BCUT2D eigenvalue weighted by atomic mass is 10.0. The van der Waals surface area contributed by atoms with Crippen LogP contribution in [0.3, 0.4) is 0 Å². The first-order valence-corrected chi connectivity index (χ1v) is 10.4. The standard InChI is InChI=1S/C18H27N3O3S/c1-14-5-6-15(18(22)19-16-7-11-20(2)12-8-16)13-17(14)25(23,24)21-9-3-4-10-21/h5-6,13,16H,3-4,7-12H2,1-2H3,(H,19,22). The summed E-state index contributed by atoms with van der Waals surface area (Å²) in [6.45, 7) is 4.84. The molecule has 2 saturated heterocycles. The summed E-state index contributed by atoms with van der Waals surface area (Å²) in [5, 5.41) is 3.05. The topological polar surface area (TPSA) is 69.7 Å². The molecule has 0 atom stereocenters. The Morgan fingerprint density at radius 3 is 2.40 bits per heavy atom. The summed E-state index contributed by atoms with van der Waals surface area (Å²) < 4.78 is 27.2. The minimum absolute atomic E-state index is 0.156. The second kappa shape index (κ2) is 7.43. The van der Waals surface area contributed by atoms with Gasteiger partial charge in [0, 0.05) is 24.7 Å². The van der Waals surface area contributed by atoms with Gasteiger partial charge >= 0.3 is 0 Å². The largest absolute Gasteiger partial charge is 0.349 e. The molecule has 0 bridgehead atoms. The minimum Gasteiger partial charge on any atom is -0.349 e. The number of benzene rings is 1. The van der Waals surface area contributed by atoms with Crippen molar-refractivity contribution in [3.05, 3.63) is 29.3 Å². The van der Waals surface area contributed by atoms with Crippen LogP contribution in [-0.4, -0.2) is 62.8 Å². The summed E-state index contributed by atoms with van der Waals surface area (Å²) >= 11 is 0. The maximum atomic E-state index is 12.8. The number of likely N-dealkylation sites (tertiary alicyclic amines) is 1. The normalized spacial score (nSPS) is 20.7. The molecule has 2 aliphatic heterocycles. The number of sulfonamides is 1. The highest BCUT2D eigenvalue weighted by molar-refractivity contribution is 7.89. The monoisotopic (exact) mass is 365 g/mol. The fourth-order valence-corrected chi connectivity index (χ4v) is 5.28. The molecule has 2 heterocycles. The molecule has 1 aromatic carbocycles. The lowest BCUT2D eigenvalue weighted by Gasteiger charge is -2.29. The summed E-state index contributed by atoms with van der Waals surface area (Å²) in [6.07, 6.45) is 3.64. The maximum absolute atomic E-state index is 12.8. The highest BCUT2D eigenvalue weighted by atomic mass is 32.2. The number of rotatable bonds is 4. The molecule has 0 spiro atoms. The maximum Gasteiger partial charge on any atom is 0.251 e. The van der Waals surface area contributed by atoms with E-state index in [1.165, 1.54) is 10.4 Å². The van der Waals surface area contributed by atoms with E-state index in [4.69, 9.17) is 0 Å². The van der Waals surface area contributed by atoms with Crippen molar-refractivity contribution in [2.24, 2.45) is 0 Å². The minimum atomic E-state index is -3.52. The van der Waals surface area contributed by atoms with Gasteiger partial charge in [0.25, 0.3) is 5.91 Å². The molecule has 1 N–H and O–H groups in total. The first kappa shape index (κ1) is 18.4. The summed E-state index contributed by atoms with van der Waals surface area (Å²) in [5.41, 5.74) is 1.10. The average Bonchev–Trinajstić information content (AvgIpc) is 3.12. The lowest BCUT2D eigenvalue weighted by molar-refractivity contribution is 0.0916. The van der Waals surface area contributed by atoms with Gasteiger partial charge < -0.3 is 10.2 Å². The molecule has 0 aliphatic carbocycles. The van der Waals surface area contributed by atoms with Gasteiger partial charge in [-0.25, -0.2) is 8.42 Å². The van der Waals surface area contributed by atoms with Crippen molar-refractivity contribution in [2.75, 3.05) is 33.2 Å². The van der Waals surface area contributed by atoms with Gasteiger partial charge in [-0.05, 0) is 70.4 Å². The number of hydrogen-bond acceptors (Lipinski definition) is 4. The molecule has 2 aliphatic rings. The first-order chi connectivity index (χ1) is 11.9. The van der Waals surface area contributed by atoms with Crippen LogP contribution in [0.25, 0.3) is 0 Å². The number of piperidine rings is 1. The van der Waals surface area contributed by atoms with E-state index in [9.17, 15) is 13.2 Å². The van der Waals surface area contributed by atoms with E-state index in [1.54, 1.807) is 19.1 Å². The molecule has 0 radical (unpaired) electrons. The predicted octanol–water partition coefficient (Wildman–Crippen LogP) is 1.60. The van der Waals surface area contributed by atoms with Crippen molar-refractivity contribution in [2.45, 2.75) is 43.5 Å². The summed E-state index contributed by atoms with van der Waals surface area (Å²) in [6, 6.07) is 5.13. The zero-order valence-corrected chi connectivity index (χ0v) is 15.8. The van der Waals surface area contributed by atoms with Crippen LogP contribution in [0.4, 0.5) is 0 Å². The second-order valence-electron chi connectivity index (χ2n) is 7.14. The molecule has 1 aromatic rings. The van der Waals surface area contributed by atoms with E-state index in [2.05, 4.69) is 17.3 Å². The van der Waals surface area contributed by atoms with E-state index in [0.29, 0.717) is 24.2 Å². The SMILES string of the molecule is Cc1ccc(C(=O)NC2CCN(C)CC2)cc1S(=O)(=O)N1CCCC1. The van der Waals surface area contributed by atoms with Crippen molar-refractivity contribution in [3.63, 3.8) is 0 Å². The van der Waals surface area contributed by atoms with Crippen molar-refractivity contribution >= 4 is 15.9 Å². The molecule has 0 unspecified atom stereocenters. The number of hydrogen-bond donors (Lipinski definition) is 1. The van der Waals surface area contributed by atoms with Crippen molar-refractivity contribution < 1.29 is 13.2 Å². The molecule has 0 saturated carbocycles. The molecule has 7 heteroatoms. The third-order valence-corrected chi connectivity index (χ3v) is 7.23. The van der Waals surface area contributed by atoms with Gasteiger partial charge in [0.15, 0.2) is 0 Å². The van der Waals surface area contributed by atoms with E-state index >= 15 is 0 Å². The van der Waals surface area contributed by atoms with Crippen LogP contribution in [0.1, 0.15) is 41.6 Å². The number of carbonyl (C=O) groups excluding carboxylic acids is 1. The molecule has 6 nitrogen and oxygen atoms in total. The molecule has 2 fully saturated rings. The van der Waals surface area contributed by atoms with Crippen LogP contribution >= 0.6 is 0 Å². The quantitative estimate of drug-likeness (QED) is 0.880.